The van der Waals surface area contributed by atoms with Gasteiger partial charge >= 0.3 is 0 Å². The fourth-order valence-corrected chi connectivity index (χ4v) is 1.10. The van der Waals surface area contributed by atoms with E-state index in [-0.39, 0.29) is 0 Å². The van der Waals surface area contributed by atoms with Gasteiger partial charge in [0.25, 0.3) is 0 Å². The van der Waals surface area contributed by atoms with Crippen LogP contribution in [0.15, 0.2) is 0 Å². The molecule has 14 heavy (non-hydrogen) atoms. The Hall–Kier alpha value is -1.22. The Kier molecular flexibility index (Phi) is 3.01. The van der Waals surface area contributed by atoms with Crippen LogP contribution in [0.5, 0.6) is 0 Å². The third-order valence-corrected chi connectivity index (χ3v) is 1.84. The summed E-state index contributed by atoms with van der Waals surface area (Å²) in [5.74, 6) is -1.37. The van der Waals surface area contributed by atoms with E-state index in [1.54, 1.807) is 0 Å². The van der Waals surface area contributed by atoms with Crippen molar-refractivity contribution in [1.29, 1.82) is 0 Å². The lowest BCUT2D eigenvalue weighted by atomic mass is 10.1. The number of carbonyl (C=O) groups excluding carboxylic acids is 2. The molecule has 0 aromatic rings. The zero-order chi connectivity index (χ0) is 10.9. The van der Waals surface area contributed by atoms with E-state index in [0.717, 1.165) is 0 Å². The Morgan fingerprint density at radius 3 is 1.50 bits per heavy atom. The SMILES string of the molecule is NC(O)C1NC(=O)C(C(N)O)NC1=O. The first kappa shape index (κ1) is 10.9. The molecule has 0 aromatic carbocycles. The zero-order valence-electron chi connectivity index (χ0n) is 7.18. The Balaban J connectivity index is 2.72. The van der Waals surface area contributed by atoms with E-state index in [2.05, 4.69) is 10.6 Å². The number of carbonyl (C=O) groups is 2. The molecule has 4 unspecified atom stereocenters. The summed E-state index contributed by atoms with van der Waals surface area (Å²) in [7, 11) is 0. The van der Waals surface area contributed by atoms with Gasteiger partial charge in [-0.2, -0.15) is 0 Å². The lowest BCUT2D eigenvalue weighted by molar-refractivity contribution is -0.142. The molecule has 0 spiro atoms. The lowest BCUT2D eigenvalue weighted by Crippen LogP contribution is -2.70. The van der Waals surface area contributed by atoms with Crippen molar-refractivity contribution in [2.45, 2.75) is 24.5 Å². The second kappa shape index (κ2) is 3.88. The van der Waals surface area contributed by atoms with Gasteiger partial charge in [-0.25, -0.2) is 0 Å². The van der Waals surface area contributed by atoms with Crippen LogP contribution in [-0.4, -0.2) is 46.6 Å². The third-order valence-electron chi connectivity index (χ3n) is 1.84. The molecule has 80 valence electrons. The van der Waals surface area contributed by atoms with Crippen molar-refractivity contribution in [3.05, 3.63) is 0 Å². The van der Waals surface area contributed by atoms with Crippen LogP contribution >= 0.6 is 0 Å². The number of nitrogens with one attached hydrogen (secondary N) is 2. The van der Waals surface area contributed by atoms with Gasteiger partial charge in [-0.05, 0) is 0 Å². The van der Waals surface area contributed by atoms with Crippen LogP contribution < -0.4 is 22.1 Å². The Morgan fingerprint density at radius 2 is 1.29 bits per heavy atom. The highest BCUT2D eigenvalue weighted by Gasteiger charge is 2.38. The first-order valence-electron chi connectivity index (χ1n) is 3.91. The maximum Gasteiger partial charge on any atom is 0.247 e. The molecule has 8 N–H and O–H groups in total. The molecule has 8 nitrogen and oxygen atoms in total. The summed E-state index contributed by atoms with van der Waals surface area (Å²) in [5, 5.41) is 22.1. The number of hydrogen-bond acceptors (Lipinski definition) is 6. The number of rotatable bonds is 2. The first-order chi connectivity index (χ1) is 6.43. The highest BCUT2D eigenvalue weighted by atomic mass is 16.3. The third kappa shape index (κ3) is 1.99. The number of piperazine rings is 1. The van der Waals surface area contributed by atoms with Gasteiger partial charge in [-0.3, -0.25) is 9.59 Å². The van der Waals surface area contributed by atoms with Crippen LogP contribution in [0.25, 0.3) is 0 Å². The van der Waals surface area contributed by atoms with Crippen molar-refractivity contribution in [1.82, 2.24) is 10.6 Å². The minimum atomic E-state index is -1.49. The minimum Gasteiger partial charge on any atom is -0.376 e. The van der Waals surface area contributed by atoms with E-state index in [0.29, 0.717) is 0 Å². The molecule has 1 heterocycles. The monoisotopic (exact) mass is 204 g/mol. The molecule has 0 aliphatic carbocycles. The van der Waals surface area contributed by atoms with Crippen LogP contribution in [0.4, 0.5) is 0 Å². The molecule has 1 fully saturated rings. The van der Waals surface area contributed by atoms with E-state index in [1.165, 1.54) is 0 Å². The second-order valence-electron chi connectivity index (χ2n) is 2.95. The topological polar surface area (TPSA) is 151 Å². The maximum atomic E-state index is 11.2. The molecule has 1 aliphatic rings. The smallest absolute Gasteiger partial charge is 0.247 e. The predicted molar refractivity (Wildman–Crippen MR) is 44.2 cm³/mol. The number of aliphatic hydroxyl groups excluding tert-OH is 2. The summed E-state index contributed by atoms with van der Waals surface area (Å²) >= 11 is 0. The van der Waals surface area contributed by atoms with Crippen LogP contribution in [0.1, 0.15) is 0 Å². The molecule has 1 saturated heterocycles. The van der Waals surface area contributed by atoms with E-state index in [1.807, 2.05) is 0 Å². The normalized spacial score (nSPS) is 31.7. The molecule has 1 rings (SSSR count). The molecule has 0 saturated carbocycles. The van der Waals surface area contributed by atoms with Gasteiger partial charge in [-0.1, -0.05) is 0 Å². The highest BCUT2D eigenvalue weighted by molar-refractivity contribution is 5.97. The van der Waals surface area contributed by atoms with Gasteiger partial charge < -0.3 is 32.3 Å². The summed E-state index contributed by atoms with van der Waals surface area (Å²) in [5.41, 5.74) is 10.1. The second-order valence-corrected chi connectivity index (χ2v) is 2.95. The van der Waals surface area contributed by atoms with Crippen LogP contribution in [0, 0.1) is 0 Å². The molecular formula is C6H12N4O4. The summed E-state index contributed by atoms with van der Waals surface area (Å²) in [6.45, 7) is 0. The average molecular weight is 204 g/mol. The Labute approximate surface area is 79.2 Å². The van der Waals surface area contributed by atoms with Crippen molar-refractivity contribution in [3.63, 3.8) is 0 Å². The van der Waals surface area contributed by atoms with Gasteiger partial charge in [0.2, 0.25) is 11.8 Å². The first-order valence-corrected chi connectivity index (χ1v) is 3.91. The molecule has 0 aromatic heterocycles. The molecular weight excluding hydrogens is 192 g/mol. The van der Waals surface area contributed by atoms with Crippen LogP contribution in [0.2, 0.25) is 0 Å². The standard InChI is InChI=1S/C6H12N4O4/c7-3(11)1-5(13)10-2(4(8)12)6(14)9-1/h1-4,11-12H,7-8H2,(H,9,14)(H,10,13). The maximum absolute atomic E-state index is 11.2. The van der Waals surface area contributed by atoms with Crippen LogP contribution in [-0.2, 0) is 9.59 Å². The van der Waals surface area contributed by atoms with Gasteiger partial charge in [0.1, 0.15) is 24.5 Å². The van der Waals surface area contributed by atoms with E-state index >= 15 is 0 Å². The fourth-order valence-electron chi connectivity index (χ4n) is 1.10. The molecule has 0 radical (unpaired) electrons. The largest absolute Gasteiger partial charge is 0.376 e. The fraction of sp³-hybridized carbons (Fsp3) is 0.667. The van der Waals surface area contributed by atoms with Crippen molar-refractivity contribution in [2.75, 3.05) is 0 Å². The lowest BCUT2D eigenvalue weighted by Gasteiger charge is -2.31. The summed E-state index contributed by atoms with van der Waals surface area (Å²) in [6, 6.07) is -2.42. The van der Waals surface area contributed by atoms with Crippen molar-refractivity contribution >= 4 is 11.8 Å². The van der Waals surface area contributed by atoms with Gasteiger partial charge in [0.05, 0.1) is 0 Å². The molecule has 0 bridgehead atoms. The quantitative estimate of drug-likeness (QED) is 0.249. The summed E-state index contributed by atoms with van der Waals surface area (Å²) < 4.78 is 0. The number of amides is 2. The van der Waals surface area contributed by atoms with E-state index in [9.17, 15) is 9.59 Å². The van der Waals surface area contributed by atoms with Gasteiger partial charge in [-0.15, -0.1) is 0 Å². The summed E-state index contributed by atoms with van der Waals surface area (Å²) in [6.07, 6.45) is -2.98. The Bertz CT molecular complexity index is 228. The van der Waals surface area contributed by atoms with Crippen LogP contribution in [0.3, 0.4) is 0 Å². The number of hydrogen-bond donors (Lipinski definition) is 6. The molecule has 4 atom stereocenters. The zero-order valence-corrected chi connectivity index (χ0v) is 7.18. The van der Waals surface area contributed by atoms with E-state index < -0.39 is 36.4 Å². The molecule has 2 amide bonds. The molecule has 1 aliphatic heterocycles. The molecule has 8 heteroatoms. The Morgan fingerprint density at radius 1 is 1.00 bits per heavy atom. The minimum absolute atomic E-state index is 0.686. The van der Waals surface area contributed by atoms with Gasteiger partial charge in [0, 0.05) is 0 Å². The van der Waals surface area contributed by atoms with Gasteiger partial charge in [0.15, 0.2) is 0 Å². The van der Waals surface area contributed by atoms with Crippen molar-refractivity contribution in [3.8, 4) is 0 Å². The summed E-state index contributed by atoms with van der Waals surface area (Å²) in [4.78, 5) is 22.3. The highest BCUT2D eigenvalue weighted by Crippen LogP contribution is 2.00. The number of aliphatic hydroxyl groups is 2. The van der Waals surface area contributed by atoms with Crippen molar-refractivity contribution < 1.29 is 19.8 Å². The number of nitrogens with two attached hydrogens (primary N) is 2. The average Bonchev–Trinajstić information content (AvgIpc) is 2.07. The van der Waals surface area contributed by atoms with Crippen molar-refractivity contribution in [2.24, 2.45) is 11.5 Å². The van der Waals surface area contributed by atoms with E-state index in [4.69, 9.17) is 21.7 Å². The predicted octanol–water partition coefficient (Wildman–Crippen LogP) is -4.48.